The largest absolute Gasteiger partial charge is 0.383 e. The van der Waals surface area contributed by atoms with Crippen LogP contribution in [0, 0.1) is 5.41 Å². The number of carbonyl (C=O) groups excluding carboxylic acids is 1. The first-order chi connectivity index (χ1) is 8.03. The van der Waals surface area contributed by atoms with Crippen LogP contribution in [-0.4, -0.2) is 50.2 Å². The third-order valence-corrected chi connectivity index (χ3v) is 3.71. The normalized spacial score (nSPS) is 27.2. The van der Waals surface area contributed by atoms with Crippen LogP contribution >= 0.6 is 0 Å². The highest BCUT2D eigenvalue weighted by atomic mass is 16.5. The fourth-order valence-corrected chi connectivity index (χ4v) is 2.43. The Balaban J connectivity index is 2.56. The number of nitrogens with zero attached hydrogens (tertiary/aromatic N) is 1. The highest BCUT2D eigenvalue weighted by Crippen LogP contribution is 2.31. The van der Waals surface area contributed by atoms with Crippen LogP contribution in [-0.2, 0) is 9.53 Å². The van der Waals surface area contributed by atoms with E-state index in [-0.39, 0.29) is 11.3 Å². The van der Waals surface area contributed by atoms with E-state index in [1.165, 1.54) is 0 Å². The number of methoxy groups -OCH3 is 1. The van der Waals surface area contributed by atoms with Crippen molar-refractivity contribution in [2.24, 2.45) is 16.9 Å². The number of hydrogen-bond acceptors (Lipinski definition) is 4. The Morgan fingerprint density at radius 3 is 2.76 bits per heavy atom. The summed E-state index contributed by atoms with van der Waals surface area (Å²) in [4.78, 5) is 13.7. The highest BCUT2D eigenvalue weighted by molar-refractivity contribution is 5.81. The molecule has 2 unspecified atom stereocenters. The van der Waals surface area contributed by atoms with E-state index in [2.05, 4.69) is 4.90 Å². The van der Waals surface area contributed by atoms with Crippen molar-refractivity contribution < 1.29 is 9.53 Å². The zero-order chi connectivity index (χ0) is 12.9. The summed E-state index contributed by atoms with van der Waals surface area (Å²) in [6.45, 7) is 4.98. The molecular weight excluding hydrogens is 218 g/mol. The molecule has 0 radical (unpaired) electrons. The smallest absolute Gasteiger partial charge is 0.224 e. The Bertz CT molecular complexity index is 260. The fraction of sp³-hybridized carbons (Fsp3) is 0.917. The highest BCUT2D eigenvalue weighted by Gasteiger charge is 2.40. The van der Waals surface area contributed by atoms with Crippen molar-refractivity contribution in [3.63, 3.8) is 0 Å². The molecule has 0 spiro atoms. The van der Waals surface area contributed by atoms with Gasteiger partial charge in [-0.2, -0.15) is 0 Å². The molecule has 1 fully saturated rings. The van der Waals surface area contributed by atoms with Gasteiger partial charge in [0, 0.05) is 19.7 Å². The Hall–Kier alpha value is -0.650. The molecule has 1 aliphatic rings. The lowest BCUT2D eigenvalue weighted by Gasteiger charge is -2.28. The van der Waals surface area contributed by atoms with Crippen molar-refractivity contribution in [3.05, 3.63) is 0 Å². The van der Waals surface area contributed by atoms with Gasteiger partial charge in [-0.3, -0.25) is 9.69 Å². The number of ether oxygens (including phenoxy) is 1. The first-order valence-electron chi connectivity index (χ1n) is 6.26. The van der Waals surface area contributed by atoms with Gasteiger partial charge in [0.2, 0.25) is 5.91 Å². The third-order valence-electron chi connectivity index (χ3n) is 3.71. The second-order valence-corrected chi connectivity index (χ2v) is 5.19. The van der Waals surface area contributed by atoms with Crippen molar-refractivity contribution in [3.8, 4) is 0 Å². The third kappa shape index (κ3) is 3.66. The van der Waals surface area contributed by atoms with E-state index in [9.17, 15) is 4.79 Å². The number of likely N-dealkylation sites (tertiary alicyclic amines) is 1. The maximum absolute atomic E-state index is 11.4. The number of hydrogen-bond donors (Lipinski definition) is 2. The molecule has 1 aliphatic heterocycles. The number of nitrogens with two attached hydrogens (primary N) is 2. The van der Waals surface area contributed by atoms with Gasteiger partial charge >= 0.3 is 0 Å². The Kier molecular flexibility index (Phi) is 5.36. The van der Waals surface area contributed by atoms with Gasteiger partial charge < -0.3 is 16.2 Å². The van der Waals surface area contributed by atoms with Crippen molar-refractivity contribution >= 4 is 5.91 Å². The average molecular weight is 243 g/mol. The van der Waals surface area contributed by atoms with Crippen LogP contribution in [0.15, 0.2) is 0 Å². The van der Waals surface area contributed by atoms with Gasteiger partial charge in [0.15, 0.2) is 0 Å². The summed E-state index contributed by atoms with van der Waals surface area (Å²) in [6.07, 6.45) is 2.84. The number of primary amides is 1. The predicted molar refractivity (Wildman–Crippen MR) is 67.4 cm³/mol. The topological polar surface area (TPSA) is 81.6 Å². The molecule has 0 aromatic rings. The average Bonchev–Trinajstić information content (AvgIpc) is 2.68. The second kappa shape index (κ2) is 6.33. The van der Waals surface area contributed by atoms with E-state index in [4.69, 9.17) is 16.2 Å². The summed E-state index contributed by atoms with van der Waals surface area (Å²) in [7, 11) is 1.71. The zero-order valence-corrected chi connectivity index (χ0v) is 10.9. The first-order valence-corrected chi connectivity index (χ1v) is 6.26. The molecule has 100 valence electrons. The van der Waals surface area contributed by atoms with Crippen molar-refractivity contribution in [2.45, 2.75) is 32.2 Å². The predicted octanol–water partition coefficient (Wildman–Crippen LogP) is -0.0624. The van der Waals surface area contributed by atoms with Crippen LogP contribution < -0.4 is 11.5 Å². The molecule has 1 amide bonds. The van der Waals surface area contributed by atoms with Crippen LogP contribution in [0.3, 0.4) is 0 Å². The minimum Gasteiger partial charge on any atom is -0.383 e. The lowest BCUT2D eigenvalue weighted by atomic mass is 9.89. The second-order valence-electron chi connectivity index (χ2n) is 5.19. The lowest BCUT2D eigenvalue weighted by Crippen LogP contribution is -2.42. The Morgan fingerprint density at radius 1 is 1.59 bits per heavy atom. The van der Waals surface area contributed by atoms with E-state index in [0.29, 0.717) is 19.2 Å². The number of amides is 1. The van der Waals surface area contributed by atoms with E-state index in [0.717, 1.165) is 32.4 Å². The molecule has 0 aliphatic carbocycles. The molecule has 5 heteroatoms. The summed E-state index contributed by atoms with van der Waals surface area (Å²) < 4.78 is 5.24. The minimum absolute atomic E-state index is 0.199. The molecule has 0 bridgehead atoms. The molecule has 4 N–H and O–H groups in total. The van der Waals surface area contributed by atoms with E-state index in [1.807, 2.05) is 6.92 Å². The SMILES string of the molecule is COCC(CCCN)N1CCC(C)(C(N)=O)C1. The van der Waals surface area contributed by atoms with Gasteiger partial charge in [0.1, 0.15) is 0 Å². The summed E-state index contributed by atoms with van der Waals surface area (Å²) in [5.41, 5.74) is 10.6. The number of carbonyl (C=O) groups is 1. The van der Waals surface area contributed by atoms with Crippen molar-refractivity contribution in [1.82, 2.24) is 4.90 Å². The summed E-state index contributed by atoms with van der Waals surface area (Å²) in [5.74, 6) is -0.199. The van der Waals surface area contributed by atoms with Crippen LogP contribution in [0.25, 0.3) is 0 Å². The molecule has 1 heterocycles. The Labute approximate surface area is 103 Å². The van der Waals surface area contributed by atoms with Gasteiger partial charge in [-0.15, -0.1) is 0 Å². The van der Waals surface area contributed by atoms with Gasteiger partial charge in [-0.05, 0) is 39.3 Å². The van der Waals surface area contributed by atoms with Crippen LogP contribution in [0.1, 0.15) is 26.2 Å². The molecule has 2 atom stereocenters. The first kappa shape index (κ1) is 14.4. The molecule has 1 saturated heterocycles. The molecule has 0 saturated carbocycles. The van der Waals surface area contributed by atoms with Crippen LogP contribution in [0.2, 0.25) is 0 Å². The standard InChI is InChI=1S/C12H25N3O2/c1-12(11(14)16)5-7-15(9-12)10(8-17-2)4-3-6-13/h10H,3-9,13H2,1-2H3,(H2,14,16). The molecule has 17 heavy (non-hydrogen) atoms. The molecule has 0 aromatic carbocycles. The van der Waals surface area contributed by atoms with Crippen LogP contribution in [0.4, 0.5) is 0 Å². The van der Waals surface area contributed by atoms with Gasteiger partial charge in [-0.1, -0.05) is 0 Å². The lowest BCUT2D eigenvalue weighted by molar-refractivity contribution is -0.126. The van der Waals surface area contributed by atoms with Crippen molar-refractivity contribution in [1.29, 1.82) is 0 Å². The van der Waals surface area contributed by atoms with E-state index in [1.54, 1.807) is 7.11 Å². The minimum atomic E-state index is -0.380. The molecular formula is C12H25N3O2. The molecule has 1 rings (SSSR count). The van der Waals surface area contributed by atoms with E-state index >= 15 is 0 Å². The van der Waals surface area contributed by atoms with Gasteiger partial charge in [0.25, 0.3) is 0 Å². The molecule has 0 aromatic heterocycles. The summed E-state index contributed by atoms with van der Waals surface area (Å²) >= 11 is 0. The van der Waals surface area contributed by atoms with Gasteiger partial charge in [-0.25, -0.2) is 0 Å². The maximum atomic E-state index is 11.4. The zero-order valence-electron chi connectivity index (χ0n) is 10.9. The monoisotopic (exact) mass is 243 g/mol. The number of rotatable bonds is 7. The van der Waals surface area contributed by atoms with Crippen LogP contribution in [0.5, 0.6) is 0 Å². The van der Waals surface area contributed by atoms with E-state index < -0.39 is 0 Å². The van der Waals surface area contributed by atoms with Crippen molar-refractivity contribution in [2.75, 3.05) is 33.4 Å². The molecule has 5 nitrogen and oxygen atoms in total. The maximum Gasteiger partial charge on any atom is 0.224 e. The Morgan fingerprint density at radius 2 is 2.29 bits per heavy atom. The summed E-state index contributed by atoms with van der Waals surface area (Å²) in [6, 6.07) is 0.352. The van der Waals surface area contributed by atoms with Gasteiger partial charge in [0.05, 0.1) is 12.0 Å². The summed E-state index contributed by atoms with van der Waals surface area (Å²) in [5, 5.41) is 0. The fourth-order valence-electron chi connectivity index (χ4n) is 2.43. The quantitative estimate of drug-likeness (QED) is 0.656.